The summed E-state index contributed by atoms with van der Waals surface area (Å²) in [5, 5.41) is 20.0. The van der Waals surface area contributed by atoms with Crippen molar-refractivity contribution in [2.75, 3.05) is 11.1 Å². The van der Waals surface area contributed by atoms with Gasteiger partial charge in [-0.25, -0.2) is 13.2 Å². The first kappa shape index (κ1) is 23.2. The van der Waals surface area contributed by atoms with Crippen LogP contribution in [0.15, 0.2) is 77.3 Å². The number of aromatic carboxylic acids is 1. The van der Waals surface area contributed by atoms with Crippen molar-refractivity contribution in [1.29, 1.82) is 0 Å². The molecule has 0 saturated heterocycles. The quantitative estimate of drug-likeness (QED) is 0.340. The molecule has 2 aromatic carbocycles. The molecule has 3 aromatic rings. The number of aromatic nitrogens is 3. The van der Waals surface area contributed by atoms with E-state index in [1.165, 1.54) is 36.4 Å². The van der Waals surface area contributed by atoms with E-state index < -0.39 is 15.8 Å². The summed E-state index contributed by atoms with van der Waals surface area (Å²) in [7, 11) is -3.61. The van der Waals surface area contributed by atoms with Crippen molar-refractivity contribution in [2.24, 2.45) is 0 Å². The van der Waals surface area contributed by atoms with E-state index in [1.807, 2.05) is 0 Å². The van der Waals surface area contributed by atoms with Crippen LogP contribution in [-0.4, -0.2) is 45.9 Å². The third-order valence-electron chi connectivity index (χ3n) is 4.27. The third-order valence-corrected chi connectivity index (χ3v) is 6.87. The Morgan fingerprint density at radius 3 is 2.41 bits per heavy atom. The summed E-state index contributed by atoms with van der Waals surface area (Å²) in [4.78, 5) is 23.4. The van der Waals surface area contributed by atoms with E-state index in [0.29, 0.717) is 10.8 Å². The number of carboxylic acid groups (broad SMARTS) is 1. The van der Waals surface area contributed by atoms with Crippen LogP contribution in [0.4, 0.5) is 5.69 Å². The Morgan fingerprint density at radius 1 is 1.09 bits per heavy atom. The number of hydrogen-bond donors (Lipinski definition) is 2. The highest BCUT2D eigenvalue weighted by Crippen LogP contribution is 2.21. The van der Waals surface area contributed by atoms with E-state index in [1.54, 1.807) is 28.8 Å². The molecule has 0 radical (unpaired) electrons. The smallest absolute Gasteiger partial charge is 0.335 e. The zero-order chi connectivity index (χ0) is 23.1. The molecule has 1 aromatic heterocycles. The molecule has 0 unspecified atom stereocenters. The van der Waals surface area contributed by atoms with E-state index >= 15 is 0 Å². The third kappa shape index (κ3) is 5.83. The molecular formula is C21H20N4O5S2. The van der Waals surface area contributed by atoms with Gasteiger partial charge < -0.3 is 15.0 Å². The van der Waals surface area contributed by atoms with Crippen molar-refractivity contribution < 1.29 is 23.1 Å². The largest absolute Gasteiger partial charge is 0.478 e. The van der Waals surface area contributed by atoms with Crippen LogP contribution in [0.5, 0.6) is 0 Å². The maximum atomic E-state index is 12.7. The van der Waals surface area contributed by atoms with Gasteiger partial charge in [0, 0.05) is 12.2 Å². The second-order valence-corrected chi connectivity index (χ2v) is 9.52. The van der Waals surface area contributed by atoms with E-state index in [4.69, 9.17) is 5.11 Å². The average molecular weight is 473 g/mol. The molecule has 0 fully saturated rings. The normalized spacial score (nSPS) is 11.1. The number of carbonyl (C=O) groups excluding carboxylic acids is 1. The van der Waals surface area contributed by atoms with E-state index in [2.05, 4.69) is 22.1 Å². The molecule has 9 nitrogen and oxygen atoms in total. The highest BCUT2D eigenvalue weighted by Gasteiger charge is 2.21. The second-order valence-electron chi connectivity index (χ2n) is 6.59. The Bertz CT molecular complexity index is 1220. The van der Waals surface area contributed by atoms with Crippen molar-refractivity contribution in [1.82, 2.24) is 14.8 Å². The van der Waals surface area contributed by atoms with Crippen molar-refractivity contribution in [2.45, 2.75) is 22.3 Å². The number of allylic oxidation sites excluding steroid dienone is 1. The number of thioether (sulfide) groups is 1. The van der Waals surface area contributed by atoms with E-state index in [-0.39, 0.29) is 40.2 Å². The number of carbonyl (C=O) groups is 2. The number of anilines is 1. The molecule has 1 amide bonds. The Hall–Kier alpha value is -3.44. The topological polar surface area (TPSA) is 131 Å². The highest BCUT2D eigenvalue weighted by atomic mass is 32.2. The van der Waals surface area contributed by atoms with Gasteiger partial charge >= 0.3 is 5.97 Å². The molecule has 0 aliphatic rings. The molecule has 0 spiro atoms. The Labute approximate surface area is 189 Å². The van der Waals surface area contributed by atoms with Crippen LogP contribution in [0, 0.1) is 0 Å². The fourth-order valence-electron chi connectivity index (χ4n) is 2.75. The average Bonchev–Trinajstić information content (AvgIpc) is 3.14. The van der Waals surface area contributed by atoms with Gasteiger partial charge in [-0.2, -0.15) is 0 Å². The number of sulfone groups is 1. The summed E-state index contributed by atoms with van der Waals surface area (Å²) >= 11 is 1.11. The molecule has 11 heteroatoms. The van der Waals surface area contributed by atoms with E-state index in [0.717, 1.165) is 11.8 Å². The first-order valence-electron chi connectivity index (χ1n) is 9.37. The maximum absolute atomic E-state index is 12.7. The summed E-state index contributed by atoms with van der Waals surface area (Å²) in [6, 6.07) is 13.9. The molecule has 2 N–H and O–H groups in total. The summed E-state index contributed by atoms with van der Waals surface area (Å²) in [6.45, 7) is 3.97. The van der Waals surface area contributed by atoms with Crippen molar-refractivity contribution in [3.05, 3.63) is 78.6 Å². The lowest BCUT2D eigenvalue weighted by atomic mass is 10.2. The lowest BCUT2D eigenvalue weighted by Crippen LogP contribution is -2.15. The summed E-state index contributed by atoms with van der Waals surface area (Å²) in [5.74, 6) is -1.46. The van der Waals surface area contributed by atoms with Gasteiger partial charge in [0.15, 0.2) is 15.0 Å². The van der Waals surface area contributed by atoms with Gasteiger partial charge in [-0.15, -0.1) is 16.8 Å². The number of nitrogens with zero attached hydrogens (tertiary/aromatic N) is 3. The molecule has 1 heterocycles. The molecule has 0 atom stereocenters. The molecule has 32 heavy (non-hydrogen) atoms. The van der Waals surface area contributed by atoms with E-state index in [9.17, 15) is 18.0 Å². The number of nitrogens with one attached hydrogen (secondary N) is 1. The zero-order valence-corrected chi connectivity index (χ0v) is 18.5. The summed E-state index contributed by atoms with van der Waals surface area (Å²) < 4.78 is 27.0. The number of hydrogen-bond acceptors (Lipinski definition) is 7. The van der Waals surface area contributed by atoms with Crippen LogP contribution >= 0.6 is 11.8 Å². The van der Waals surface area contributed by atoms with Gasteiger partial charge in [-0.3, -0.25) is 4.79 Å². The fourth-order valence-corrected chi connectivity index (χ4v) is 4.81. The Kier molecular flexibility index (Phi) is 7.44. The standard InChI is InChI=1S/C21H20N4O5S2/c1-2-12-25-18(14-32(29,30)17-6-4-3-5-7-17)23-24-21(25)31-13-19(26)22-16-10-8-15(9-11-16)20(27)28/h2-11H,1,12-14H2,(H,22,26)(H,27,28). The minimum absolute atomic E-state index is 0.00138. The van der Waals surface area contributed by atoms with Crippen LogP contribution in [0.3, 0.4) is 0 Å². The molecular weight excluding hydrogens is 452 g/mol. The fraction of sp³-hybridized carbons (Fsp3) is 0.143. The van der Waals surface area contributed by atoms with Gasteiger partial charge in [-0.05, 0) is 36.4 Å². The highest BCUT2D eigenvalue weighted by molar-refractivity contribution is 7.99. The monoisotopic (exact) mass is 472 g/mol. The first-order valence-corrected chi connectivity index (χ1v) is 12.0. The van der Waals surface area contributed by atoms with Crippen molar-refractivity contribution in [3.63, 3.8) is 0 Å². The van der Waals surface area contributed by atoms with Crippen LogP contribution in [0.1, 0.15) is 16.2 Å². The molecule has 0 aliphatic heterocycles. The summed E-state index contributed by atoms with van der Waals surface area (Å²) in [5.41, 5.74) is 0.579. The van der Waals surface area contributed by atoms with Crippen molar-refractivity contribution in [3.8, 4) is 0 Å². The minimum atomic E-state index is -3.61. The Balaban J connectivity index is 1.68. The lowest BCUT2D eigenvalue weighted by Gasteiger charge is -2.09. The SMILES string of the molecule is C=CCn1c(CS(=O)(=O)c2ccccc2)nnc1SCC(=O)Nc1ccc(C(=O)O)cc1. The number of carboxylic acids is 1. The zero-order valence-electron chi connectivity index (χ0n) is 16.8. The number of amides is 1. The van der Waals surface area contributed by atoms with Gasteiger partial charge in [-0.1, -0.05) is 36.0 Å². The summed E-state index contributed by atoms with van der Waals surface area (Å²) in [6.07, 6.45) is 1.59. The van der Waals surface area contributed by atoms with Gasteiger partial charge in [0.2, 0.25) is 5.91 Å². The van der Waals surface area contributed by atoms with Crippen LogP contribution in [0.25, 0.3) is 0 Å². The lowest BCUT2D eigenvalue weighted by molar-refractivity contribution is -0.113. The predicted molar refractivity (Wildman–Crippen MR) is 120 cm³/mol. The van der Waals surface area contributed by atoms with Crippen LogP contribution < -0.4 is 5.32 Å². The molecule has 3 rings (SSSR count). The second kappa shape index (κ2) is 10.2. The number of rotatable bonds is 10. The maximum Gasteiger partial charge on any atom is 0.335 e. The van der Waals surface area contributed by atoms with Gasteiger partial charge in [0.05, 0.1) is 16.2 Å². The van der Waals surface area contributed by atoms with Crippen LogP contribution in [0.2, 0.25) is 0 Å². The Morgan fingerprint density at radius 2 is 1.78 bits per heavy atom. The first-order chi connectivity index (χ1) is 15.3. The molecule has 166 valence electrons. The number of benzene rings is 2. The molecule has 0 saturated carbocycles. The van der Waals surface area contributed by atoms with Crippen molar-refractivity contribution >= 4 is 39.2 Å². The molecule has 0 bridgehead atoms. The van der Waals surface area contributed by atoms with Gasteiger partial charge in [0.1, 0.15) is 11.6 Å². The predicted octanol–water partition coefficient (Wildman–Crippen LogP) is 2.87. The molecule has 0 aliphatic carbocycles. The minimum Gasteiger partial charge on any atom is -0.478 e. The van der Waals surface area contributed by atoms with Crippen LogP contribution in [-0.2, 0) is 26.9 Å². The van der Waals surface area contributed by atoms with Gasteiger partial charge in [0.25, 0.3) is 0 Å².